The molecular weight excluding hydrogens is 355 g/mol. The Labute approximate surface area is 163 Å². The molecule has 0 aliphatic carbocycles. The van der Waals surface area contributed by atoms with E-state index >= 15 is 0 Å². The second kappa shape index (κ2) is 7.98. The topological polar surface area (TPSA) is 66.8 Å². The lowest BCUT2D eigenvalue weighted by atomic mass is 10.1. The highest BCUT2D eigenvalue weighted by atomic mass is 19.1. The van der Waals surface area contributed by atoms with Crippen LogP contribution >= 0.6 is 0 Å². The third-order valence-corrected chi connectivity index (χ3v) is 4.91. The van der Waals surface area contributed by atoms with E-state index in [1.807, 2.05) is 32.0 Å². The zero-order chi connectivity index (χ0) is 19.5. The summed E-state index contributed by atoms with van der Waals surface area (Å²) in [4.78, 5) is 20.1. The van der Waals surface area contributed by atoms with Crippen LogP contribution in [0.4, 0.5) is 16.2 Å². The van der Waals surface area contributed by atoms with Gasteiger partial charge < -0.3 is 5.32 Å². The summed E-state index contributed by atoms with van der Waals surface area (Å²) in [5.41, 5.74) is 3.38. The first-order valence-corrected chi connectivity index (χ1v) is 9.47. The number of anilines is 2. The molecule has 1 atom stereocenters. The van der Waals surface area contributed by atoms with Gasteiger partial charge in [-0.1, -0.05) is 18.2 Å². The van der Waals surface area contributed by atoms with Crippen molar-refractivity contribution in [3.8, 4) is 0 Å². The molecule has 1 aliphatic heterocycles. The summed E-state index contributed by atoms with van der Waals surface area (Å²) < 4.78 is 14.1. The smallest absolute Gasteiger partial charge is 0.228 e. The van der Waals surface area contributed by atoms with Gasteiger partial charge in [0.05, 0.1) is 24.1 Å². The van der Waals surface area contributed by atoms with E-state index in [1.54, 1.807) is 18.5 Å². The fourth-order valence-electron chi connectivity index (χ4n) is 3.69. The van der Waals surface area contributed by atoms with Crippen molar-refractivity contribution < 1.29 is 4.39 Å². The van der Waals surface area contributed by atoms with Gasteiger partial charge in [-0.2, -0.15) is 0 Å². The van der Waals surface area contributed by atoms with Crippen LogP contribution in [0.25, 0.3) is 0 Å². The van der Waals surface area contributed by atoms with E-state index in [1.165, 1.54) is 6.07 Å². The fourth-order valence-corrected chi connectivity index (χ4v) is 3.69. The molecule has 1 N–H and O–H groups in total. The van der Waals surface area contributed by atoms with Gasteiger partial charge in [0, 0.05) is 23.5 Å². The van der Waals surface area contributed by atoms with Gasteiger partial charge in [0.1, 0.15) is 5.82 Å². The van der Waals surface area contributed by atoms with E-state index in [2.05, 4.69) is 25.2 Å². The van der Waals surface area contributed by atoms with E-state index in [9.17, 15) is 4.39 Å². The molecular formula is C21H23FN6. The number of nitrogens with zero attached hydrogens (tertiary/aromatic N) is 5. The summed E-state index contributed by atoms with van der Waals surface area (Å²) in [7, 11) is 0. The summed E-state index contributed by atoms with van der Waals surface area (Å²) in [6, 6.07) is 8.98. The van der Waals surface area contributed by atoms with E-state index in [0.717, 1.165) is 36.5 Å². The first-order chi connectivity index (χ1) is 13.6. The van der Waals surface area contributed by atoms with Crippen molar-refractivity contribution in [2.45, 2.75) is 39.3 Å². The highest BCUT2D eigenvalue weighted by Crippen LogP contribution is 2.32. The molecule has 6 nitrogen and oxygen atoms in total. The molecule has 1 aromatic carbocycles. The summed E-state index contributed by atoms with van der Waals surface area (Å²) in [5.74, 6) is 0.959. The zero-order valence-electron chi connectivity index (χ0n) is 16.1. The van der Waals surface area contributed by atoms with Gasteiger partial charge in [0.2, 0.25) is 5.95 Å². The molecule has 4 rings (SSSR count). The van der Waals surface area contributed by atoms with Gasteiger partial charge >= 0.3 is 0 Å². The SMILES string of the molecule is Cc1cc(C)nc(Nc2cncc([C@H]3CCCN3Cc3ccccc3F)n2)n1. The van der Waals surface area contributed by atoms with Crippen LogP contribution in [0, 0.1) is 19.7 Å². The number of rotatable bonds is 5. The van der Waals surface area contributed by atoms with Crippen LogP contribution in [0.2, 0.25) is 0 Å². The number of hydrogen-bond acceptors (Lipinski definition) is 6. The third kappa shape index (κ3) is 4.14. The maximum Gasteiger partial charge on any atom is 0.228 e. The van der Waals surface area contributed by atoms with E-state index in [0.29, 0.717) is 23.9 Å². The molecule has 1 saturated heterocycles. The van der Waals surface area contributed by atoms with Crippen LogP contribution in [-0.2, 0) is 6.54 Å². The Bertz CT molecular complexity index is 956. The maximum absolute atomic E-state index is 14.1. The lowest BCUT2D eigenvalue weighted by Crippen LogP contribution is -2.24. The Morgan fingerprint density at radius 1 is 1.11 bits per heavy atom. The summed E-state index contributed by atoms with van der Waals surface area (Å²) >= 11 is 0. The van der Waals surface area contributed by atoms with Gasteiger partial charge in [-0.25, -0.2) is 19.3 Å². The molecule has 2 aromatic heterocycles. The Hall–Kier alpha value is -2.93. The molecule has 0 amide bonds. The van der Waals surface area contributed by atoms with Crippen LogP contribution in [-0.4, -0.2) is 31.4 Å². The van der Waals surface area contributed by atoms with E-state index in [-0.39, 0.29) is 11.9 Å². The number of likely N-dealkylation sites (tertiary alicyclic amines) is 1. The predicted octanol–water partition coefficient (Wildman–Crippen LogP) is 4.10. The van der Waals surface area contributed by atoms with Crippen molar-refractivity contribution in [2.75, 3.05) is 11.9 Å². The molecule has 0 bridgehead atoms. The van der Waals surface area contributed by atoms with Crippen molar-refractivity contribution in [2.24, 2.45) is 0 Å². The predicted molar refractivity (Wildman–Crippen MR) is 106 cm³/mol. The minimum absolute atomic E-state index is 0.119. The molecule has 3 aromatic rings. The number of aromatic nitrogens is 4. The molecule has 144 valence electrons. The quantitative estimate of drug-likeness (QED) is 0.721. The summed E-state index contributed by atoms with van der Waals surface area (Å²) in [5, 5.41) is 3.15. The second-order valence-corrected chi connectivity index (χ2v) is 7.15. The zero-order valence-corrected chi connectivity index (χ0v) is 16.1. The van der Waals surface area contributed by atoms with E-state index in [4.69, 9.17) is 4.98 Å². The average Bonchev–Trinajstić information content (AvgIpc) is 3.11. The summed E-state index contributed by atoms with van der Waals surface area (Å²) in [6.07, 6.45) is 5.49. The number of nitrogens with one attached hydrogen (secondary N) is 1. The Morgan fingerprint density at radius 2 is 1.89 bits per heavy atom. The second-order valence-electron chi connectivity index (χ2n) is 7.15. The van der Waals surface area contributed by atoms with Crippen molar-refractivity contribution in [1.29, 1.82) is 0 Å². The Morgan fingerprint density at radius 3 is 2.68 bits per heavy atom. The molecule has 7 heteroatoms. The number of aryl methyl sites for hydroxylation is 2. The van der Waals surface area contributed by atoms with Crippen LogP contribution in [0.3, 0.4) is 0 Å². The van der Waals surface area contributed by atoms with Gasteiger partial charge in [0.25, 0.3) is 0 Å². The largest absolute Gasteiger partial charge is 0.307 e. The van der Waals surface area contributed by atoms with Crippen LogP contribution in [0.15, 0.2) is 42.7 Å². The molecule has 1 aliphatic rings. The van der Waals surface area contributed by atoms with Crippen molar-refractivity contribution in [3.05, 3.63) is 71.2 Å². The van der Waals surface area contributed by atoms with Gasteiger partial charge in [-0.15, -0.1) is 0 Å². The third-order valence-electron chi connectivity index (χ3n) is 4.91. The van der Waals surface area contributed by atoms with Gasteiger partial charge in [0.15, 0.2) is 5.82 Å². The van der Waals surface area contributed by atoms with E-state index < -0.39 is 0 Å². The first kappa shape index (κ1) is 18.4. The average molecular weight is 378 g/mol. The highest BCUT2D eigenvalue weighted by molar-refractivity contribution is 5.46. The lowest BCUT2D eigenvalue weighted by molar-refractivity contribution is 0.241. The first-order valence-electron chi connectivity index (χ1n) is 9.47. The van der Waals surface area contributed by atoms with Crippen LogP contribution in [0.1, 0.15) is 41.5 Å². The molecule has 0 saturated carbocycles. The molecule has 0 spiro atoms. The minimum atomic E-state index is -0.165. The fraction of sp³-hybridized carbons (Fsp3) is 0.333. The molecule has 0 unspecified atom stereocenters. The Balaban J connectivity index is 1.53. The Kier molecular flexibility index (Phi) is 5.25. The maximum atomic E-state index is 14.1. The molecule has 3 heterocycles. The van der Waals surface area contributed by atoms with Crippen molar-refractivity contribution in [1.82, 2.24) is 24.8 Å². The monoisotopic (exact) mass is 378 g/mol. The van der Waals surface area contributed by atoms with Gasteiger partial charge in [-0.3, -0.25) is 9.88 Å². The number of hydrogen-bond donors (Lipinski definition) is 1. The number of halogens is 1. The standard InChI is InChI=1S/C21H23FN6/c1-14-10-15(2)25-21(24-14)27-20-12-23-11-18(26-20)19-8-5-9-28(19)13-16-6-3-4-7-17(16)22/h3-4,6-7,10-12,19H,5,8-9,13H2,1-2H3,(H,24,25,26,27)/t19-/m1/s1. The van der Waals surface area contributed by atoms with Crippen LogP contribution in [0.5, 0.6) is 0 Å². The molecule has 1 fully saturated rings. The molecule has 28 heavy (non-hydrogen) atoms. The van der Waals surface area contributed by atoms with Crippen molar-refractivity contribution in [3.63, 3.8) is 0 Å². The van der Waals surface area contributed by atoms with Gasteiger partial charge in [-0.05, 0) is 45.4 Å². The normalized spacial score (nSPS) is 17.0. The summed E-state index contributed by atoms with van der Waals surface area (Å²) in [6.45, 7) is 5.34. The number of benzene rings is 1. The molecule has 0 radical (unpaired) electrons. The van der Waals surface area contributed by atoms with Crippen molar-refractivity contribution >= 4 is 11.8 Å². The lowest BCUT2D eigenvalue weighted by Gasteiger charge is -2.24. The minimum Gasteiger partial charge on any atom is -0.307 e. The van der Waals surface area contributed by atoms with Crippen LogP contribution < -0.4 is 5.32 Å². The highest BCUT2D eigenvalue weighted by Gasteiger charge is 2.28.